The summed E-state index contributed by atoms with van der Waals surface area (Å²) >= 11 is 1.56. The van der Waals surface area contributed by atoms with Crippen LogP contribution in [0, 0.1) is 0 Å². The average Bonchev–Trinajstić information content (AvgIpc) is 2.99. The van der Waals surface area contributed by atoms with Crippen molar-refractivity contribution in [2.75, 3.05) is 18.2 Å². The van der Waals surface area contributed by atoms with Gasteiger partial charge in [0.1, 0.15) is 11.4 Å². The minimum atomic E-state index is -0.323. The Morgan fingerprint density at radius 2 is 1.96 bits per heavy atom. The number of fused-ring (bicyclic) bond motifs is 3. The Labute approximate surface area is 150 Å². The Kier molecular flexibility index (Phi) is 4.28. The lowest BCUT2D eigenvalue weighted by Crippen LogP contribution is -2.16. The third kappa shape index (κ3) is 3.05. The van der Waals surface area contributed by atoms with Crippen LogP contribution in [0.5, 0.6) is 11.6 Å². The fourth-order valence-electron chi connectivity index (χ4n) is 2.87. The zero-order valence-electron chi connectivity index (χ0n) is 14.1. The third-order valence-electron chi connectivity index (χ3n) is 4.05. The van der Waals surface area contributed by atoms with Gasteiger partial charge in [0.2, 0.25) is 5.88 Å². The highest BCUT2D eigenvalue weighted by molar-refractivity contribution is 7.98. The molecule has 0 saturated heterocycles. The molecular weight excluding hydrogens is 334 g/mol. The predicted octanol–water partition coefficient (Wildman–Crippen LogP) is 4.70. The number of para-hydroxylation sites is 1. The van der Waals surface area contributed by atoms with Crippen molar-refractivity contribution in [3.63, 3.8) is 0 Å². The maximum absolute atomic E-state index is 6.20. The Bertz CT molecular complexity index is 877. The van der Waals surface area contributed by atoms with Gasteiger partial charge in [0.25, 0.3) is 0 Å². The van der Waals surface area contributed by atoms with Crippen LogP contribution in [0.15, 0.2) is 53.7 Å². The zero-order chi connectivity index (χ0) is 17.2. The summed E-state index contributed by atoms with van der Waals surface area (Å²) in [6.07, 6.45) is 1.67. The molecular formula is C19H19N3O2S. The fourth-order valence-corrected chi connectivity index (χ4v) is 3.25. The van der Waals surface area contributed by atoms with Gasteiger partial charge in [0.15, 0.2) is 11.4 Å². The number of benzene rings is 2. The highest BCUT2D eigenvalue weighted by atomic mass is 32.2. The van der Waals surface area contributed by atoms with Gasteiger partial charge in [-0.15, -0.1) is 0 Å². The van der Waals surface area contributed by atoms with E-state index in [2.05, 4.69) is 27.4 Å². The van der Waals surface area contributed by atoms with Crippen LogP contribution in [-0.2, 0) is 0 Å². The molecule has 128 valence electrons. The molecule has 25 heavy (non-hydrogen) atoms. The quantitative estimate of drug-likeness (QED) is 0.666. The number of thioether (sulfide) groups is 1. The van der Waals surface area contributed by atoms with Crippen LogP contribution in [0.2, 0.25) is 0 Å². The highest BCUT2D eigenvalue weighted by Crippen LogP contribution is 2.41. The predicted molar refractivity (Wildman–Crippen MR) is 100 cm³/mol. The fraction of sp³-hybridized carbons (Fsp3) is 0.211. The molecule has 1 aliphatic rings. The van der Waals surface area contributed by atoms with Crippen LogP contribution >= 0.6 is 11.8 Å². The lowest BCUT2D eigenvalue weighted by molar-refractivity contribution is 0.229. The molecule has 0 saturated carbocycles. The smallest absolute Gasteiger partial charge is 0.243 e. The molecule has 1 unspecified atom stereocenters. The van der Waals surface area contributed by atoms with Crippen molar-refractivity contribution in [3.8, 4) is 22.9 Å². The first-order valence-corrected chi connectivity index (χ1v) is 9.40. The van der Waals surface area contributed by atoms with Crippen LogP contribution in [0.1, 0.15) is 18.7 Å². The number of hydrogen-bond donors (Lipinski definition) is 2. The molecule has 0 fully saturated rings. The maximum Gasteiger partial charge on any atom is 0.243 e. The number of hydrogen-bond acceptors (Lipinski definition) is 5. The van der Waals surface area contributed by atoms with E-state index in [0.717, 1.165) is 33.4 Å². The van der Waals surface area contributed by atoms with Crippen LogP contribution in [-0.4, -0.2) is 22.8 Å². The van der Waals surface area contributed by atoms with E-state index in [9.17, 15) is 0 Å². The molecule has 2 heterocycles. The molecule has 4 rings (SSSR count). The molecule has 2 aromatic carbocycles. The molecule has 0 spiro atoms. The second-order valence-corrected chi connectivity index (χ2v) is 6.41. The largest absolute Gasteiger partial charge is 0.494 e. The van der Waals surface area contributed by atoms with Crippen molar-refractivity contribution >= 4 is 17.4 Å². The number of ether oxygens (including phenoxy) is 2. The third-order valence-corrected chi connectivity index (χ3v) is 4.63. The van der Waals surface area contributed by atoms with E-state index >= 15 is 0 Å². The van der Waals surface area contributed by atoms with Crippen LogP contribution in [0.4, 0.5) is 5.69 Å². The highest BCUT2D eigenvalue weighted by Gasteiger charge is 2.25. The average molecular weight is 353 g/mol. The topological polar surface area (TPSA) is 59.2 Å². The van der Waals surface area contributed by atoms with E-state index in [0.29, 0.717) is 12.5 Å². The summed E-state index contributed by atoms with van der Waals surface area (Å²) in [6.45, 7) is 2.63. The van der Waals surface area contributed by atoms with Gasteiger partial charge in [0.05, 0.1) is 6.61 Å². The van der Waals surface area contributed by atoms with E-state index in [1.165, 1.54) is 0 Å². The number of aromatic nitrogens is 2. The van der Waals surface area contributed by atoms with Gasteiger partial charge in [-0.3, -0.25) is 0 Å². The molecule has 5 nitrogen and oxygen atoms in total. The standard InChI is InChI=1S/C19H19N3O2S/c1-3-23-13-10-8-12(9-11-13)17-20-15-7-5-4-6-14(15)16-18(24-17)22-19(21-16)25-2/h4-11,17,20H,3H2,1-2H3,(H,21,22). The molecule has 1 atom stereocenters. The molecule has 1 aliphatic heterocycles. The number of anilines is 1. The molecule has 2 N–H and O–H groups in total. The van der Waals surface area contributed by atoms with E-state index < -0.39 is 0 Å². The van der Waals surface area contributed by atoms with Crippen molar-refractivity contribution in [1.82, 2.24) is 9.97 Å². The van der Waals surface area contributed by atoms with Gasteiger partial charge in [0, 0.05) is 16.8 Å². The molecule has 0 amide bonds. The summed E-state index contributed by atoms with van der Waals surface area (Å²) in [6, 6.07) is 16.1. The summed E-state index contributed by atoms with van der Waals surface area (Å²) in [5, 5.41) is 4.31. The van der Waals surface area contributed by atoms with Crippen LogP contribution in [0.25, 0.3) is 11.3 Å². The number of rotatable bonds is 4. The normalized spacial score (nSPS) is 15.4. The van der Waals surface area contributed by atoms with Crippen molar-refractivity contribution in [2.24, 2.45) is 0 Å². The van der Waals surface area contributed by atoms with E-state index in [-0.39, 0.29) is 6.23 Å². The zero-order valence-corrected chi connectivity index (χ0v) is 14.9. The molecule has 0 bridgehead atoms. The first-order valence-electron chi connectivity index (χ1n) is 8.18. The molecule has 1 aromatic heterocycles. The Balaban J connectivity index is 1.74. The Hall–Kier alpha value is -2.60. The van der Waals surface area contributed by atoms with Gasteiger partial charge in [-0.1, -0.05) is 30.0 Å². The van der Waals surface area contributed by atoms with E-state index in [4.69, 9.17) is 9.47 Å². The van der Waals surface area contributed by atoms with Crippen molar-refractivity contribution < 1.29 is 9.47 Å². The van der Waals surface area contributed by atoms with Gasteiger partial charge < -0.3 is 19.8 Å². The van der Waals surface area contributed by atoms with Gasteiger partial charge in [-0.25, -0.2) is 0 Å². The number of aromatic amines is 1. The second-order valence-electron chi connectivity index (χ2n) is 5.62. The lowest BCUT2D eigenvalue weighted by atomic mass is 10.1. The van der Waals surface area contributed by atoms with Crippen LogP contribution in [0.3, 0.4) is 0 Å². The minimum Gasteiger partial charge on any atom is -0.494 e. The van der Waals surface area contributed by atoms with Crippen LogP contribution < -0.4 is 14.8 Å². The van der Waals surface area contributed by atoms with E-state index in [1.807, 2.05) is 49.6 Å². The van der Waals surface area contributed by atoms with Gasteiger partial charge in [-0.05, 0) is 43.5 Å². The first kappa shape index (κ1) is 15.9. The molecule has 0 aliphatic carbocycles. The van der Waals surface area contributed by atoms with Gasteiger partial charge in [-0.2, -0.15) is 4.98 Å². The summed E-state index contributed by atoms with van der Waals surface area (Å²) < 4.78 is 11.7. The number of nitrogens with zero attached hydrogens (tertiary/aromatic N) is 1. The summed E-state index contributed by atoms with van der Waals surface area (Å²) in [5.74, 6) is 1.46. The summed E-state index contributed by atoms with van der Waals surface area (Å²) in [5.41, 5.74) is 3.98. The first-order chi connectivity index (χ1) is 12.3. The molecule has 3 aromatic rings. The molecule has 6 heteroatoms. The second kappa shape index (κ2) is 6.72. The minimum absolute atomic E-state index is 0.323. The summed E-state index contributed by atoms with van der Waals surface area (Å²) in [4.78, 5) is 7.92. The van der Waals surface area contributed by atoms with Crippen molar-refractivity contribution in [3.05, 3.63) is 54.1 Å². The number of nitrogens with one attached hydrogen (secondary N) is 2. The SMILES string of the molecule is CCOc1ccc(C2Nc3ccccc3-c3[nH]c(SC)nc3O2)cc1. The Morgan fingerprint density at radius 1 is 1.16 bits per heavy atom. The molecule has 0 radical (unpaired) electrons. The monoisotopic (exact) mass is 353 g/mol. The van der Waals surface area contributed by atoms with Gasteiger partial charge >= 0.3 is 0 Å². The maximum atomic E-state index is 6.20. The number of imidazole rings is 1. The van der Waals surface area contributed by atoms with Crippen molar-refractivity contribution in [1.29, 1.82) is 0 Å². The van der Waals surface area contributed by atoms with Crippen molar-refractivity contribution in [2.45, 2.75) is 18.3 Å². The number of H-pyrrole nitrogens is 1. The lowest BCUT2D eigenvalue weighted by Gasteiger charge is -2.19. The Morgan fingerprint density at radius 3 is 2.72 bits per heavy atom. The summed E-state index contributed by atoms with van der Waals surface area (Å²) in [7, 11) is 0. The van der Waals surface area contributed by atoms with E-state index in [1.54, 1.807) is 11.8 Å².